The highest BCUT2D eigenvalue weighted by atomic mass is 16.1. The smallest absolute Gasteiger partial charge is 0.258 e. The molecule has 1 aliphatic heterocycles. The predicted octanol–water partition coefficient (Wildman–Crippen LogP) is 1.26. The molecule has 0 saturated carbocycles. The number of pyridine rings is 1. The van der Waals surface area contributed by atoms with Crippen LogP contribution in [0.1, 0.15) is 25.0 Å². The maximum atomic E-state index is 12.1. The number of fused-ring (bicyclic) bond motifs is 1. The Hall–Kier alpha value is -1.72. The number of piperidine rings is 1. The minimum absolute atomic E-state index is 0.00822. The van der Waals surface area contributed by atoms with E-state index in [0.717, 1.165) is 43.9 Å². The molecule has 2 aromatic rings. The van der Waals surface area contributed by atoms with Crippen molar-refractivity contribution in [3.63, 3.8) is 0 Å². The van der Waals surface area contributed by atoms with E-state index in [2.05, 4.69) is 9.88 Å². The first-order chi connectivity index (χ1) is 10.3. The van der Waals surface area contributed by atoms with Gasteiger partial charge in [0.05, 0.1) is 5.69 Å². The van der Waals surface area contributed by atoms with Gasteiger partial charge < -0.3 is 5.73 Å². The quantitative estimate of drug-likeness (QED) is 0.919. The van der Waals surface area contributed by atoms with Crippen LogP contribution in [0.4, 0.5) is 0 Å². The largest absolute Gasteiger partial charge is 0.330 e. The number of hydrogen-bond acceptors (Lipinski definition) is 4. The summed E-state index contributed by atoms with van der Waals surface area (Å²) in [6.07, 6.45) is 5.32. The molecule has 0 bridgehead atoms. The minimum Gasteiger partial charge on any atom is -0.330 e. The van der Waals surface area contributed by atoms with E-state index in [1.54, 1.807) is 16.7 Å². The standard InChI is InChI=1S/C16H22N4O/c17-7-6-13-4-3-8-19(11-13)12-14-10-16(21)20-9-2-1-5-15(20)18-14/h1-2,5,9-10,13H,3-4,6-8,11-12,17H2. The molecule has 1 fully saturated rings. The van der Waals surface area contributed by atoms with Crippen molar-refractivity contribution in [2.24, 2.45) is 11.7 Å². The number of aromatic nitrogens is 2. The molecule has 1 unspecified atom stereocenters. The summed E-state index contributed by atoms with van der Waals surface area (Å²) in [5, 5.41) is 0. The van der Waals surface area contributed by atoms with E-state index in [-0.39, 0.29) is 5.56 Å². The summed E-state index contributed by atoms with van der Waals surface area (Å²) >= 11 is 0. The van der Waals surface area contributed by atoms with Crippen LogP contribution in [0.15, 0.2) is 35.3 Å². The summed E-state index contributed by atoms with van der Waals surface area (Å²) in [5.41, 5.74) is 7.24. The fraction of sp³-hybridized carbons (Fsp3) is 0.500. The van der Waals surface area contributed by atoms with E-state index in [9.17, 15) is 4.79 Å². The second-order valence-corrected chi connectivity index (χ2v) is 5.84. The van der Waals surface area contributed by atoms with E-state index in [4.69, 9.17) is 5.73 Å². The summed E-state index contributed by atoms with van der Waals surface area (Å²) in [4.78, 5) is 19.1. The molecule has 2 N–H and O–H groups in total. The van der Waals surface area contributed by atoms with Crippen LogP contribution in [-0.4, -0.2) is 33.9 Å². The molecule has 0 radical (unpaired) electrons. The number of nitrogens with zero attached hydrogens (tertiary/aromatic N) is 3. The molecular formula is C16H22N4O. The third-order valence-corrected chi connectivity index (χ3v) is 4.19. The molecule has 21 heavy (non-hydrogen) atoms. The van der Waals surface area contributed by atoms with Crippen LogP contribution >= 0.6 is 0 Å². The summed E-state index contributed by atoms with van der Waals surface area (Å²) in [6, 6.07) is 7.28. The van der Waals surface area contributed by atoms with Crippen molar-refractivity contribution in [1.29, 1.82) is 0 Å². The van der Waals surface area contributed by atoms with E-state index in [1.807, 2.05) is 18.2 Å². The van der Waals surface area contributed by atoms with Crippen LogP contribution in [0.3, 0.4) is 0 Å². The molecule has 5 heteroatoms. The first-order valence-electron chi connectivity index (χ1n) is 7.66. The molecule has 0 amide bonds. The summed E-state index contributed by atoms with van der Waals surface area (Å²) in [5.74, 6) is 0.685. The van der Waals surface area contributed by atoms with Gasteiger partial charge in [0.15, 0.2) is 0 Å². The van der Waals surface area contributed by atoms with Crippen LogP contribution in [-0.2, 0) is 6.54 Å². The van der Waals surface area contributed by atoms with Gasteiger partial charge in [0.2, 0.25) is 0 Å². The molecule has 1 saturated heterocycles. The Morgan fingerprint density at radius 1 is 1.38 bits per heavy atom. The van der Waals surface area contributed by atoms with E-state index in [0.29, 0.717) is 5.92 Å². The Bertz CT molecular complexity index is 665. The van der Waals surface area contributed by atoms with Crippen molar-refractivity contribution in [2.45, 2.75) is 25.8 Å². The van der Waals surface area contributed by atoms with Crippen molar-refractivity contribution >= 4 is 5.65 Å². The Kier molecular flexibility index (Phi) is 4.31. The Morgan fingerprint density at radius 2 is 2.29 bits per heavy atom. The molecule has 0 aromatic carbocycles. The lowest BCUT2D eigenvalue weighted by molar-refractivity contribution is 0.161. The van der Waals surface area contributed by atoms with Crippen LogP contribution < -0.4 is 11.3 Å². The van der Waals surface area contributed by atoms with E-state index >= 15 is 0 Å². The van der Waals surface area contributed by atoms with Crippen molar-refractivity contribution in [1.82, 2.24) is 14.3 Å². The monoisotopic (exact) mass is 286 g/mol. The molecule has 1 atom stereocenters. The van der Waals surface area contributed by atoms with E-state index in [1.165, 1.54) is 12.8 Å². The zero-order chi connectivity index (χ0) is 14.7. The Labute approximate surface area is 124 Å². The highest BCUT2D eigenvalue weighted by Gasteiger charge is 2.19. The maximum Gasteiger partial charge on any atom is 0.258 e. The third-order valence-electron chi connectivity index (χ3n) is 4.19. The summed E-state index contributed by atoms with van der Waals surface area (Å²) in [7, 11) is 0. The third kappa shape index (κ3) is 3.31. The van der Waals surface area contributed by atoms with Crippen LogP contribution in [0.25, 0.3) is 5.65 Å². The zero-order valence-electron chi connectivity index (χ0n) is 12.2. The zero-order valence-corrected chi connectivity index (χ0v) is 12.2. The lowest BCUT2D eigenvalue weighted by atomic mass is 9.95. The van der Waals surface area contributed by atoms with Gasteiger partial charge in [0.25, 0.3) is 5.56 Å². The lowest BCUT2D eigenvalue weighted by Gasteiger charge is -2.32. The normalized spacial score (nSPS) is 20.0. The van der Waals surface area contributed by atoms with Gasteiger partial charge in [-0.3, -0.25) is 14.1 Å². The lowest BCUT2D eigenvalue weighted by Crippen LogP contribution is -2.36. The fourth-order valence-electron chi connectivity index (χ4n) is 3.18. The average molecular weight is 286 g/mol. The molecule has 3 heterocycles. The molecular weight excluding hydrogens is 264 g/mol. The predicted molar refractivity (Wildman–Crippen MR) is 83.1 cm³/mol. The van der Waals surface area contributed by atoms with E-state index < -0.39 is 0 Å². The van der Waals surface area contributed by atoms with Crippen LogP contribution in [0, 0.1) is 5.92 Å². The summed E-state index contributed by atoms with van der Waals surface area (Å²) in [6.45, 7) is 3.65. The number of nitrogens with two attached hydrogens (primary N) is 1. The number of likely N-dealkylation sites (tertiary alicyclic amines) is 1. The van der Waals surface area contributed by atoms with Crippen LogP contribution in [0.2, 0.25) is 0 Å². The highest BCUT2D eigenvalue weighted by molar-refractivity contribution is 5.37. The second-order valence-electron chi connectivity index (χ2n) is 5.84. The summed E-state index contributed by atoms with van der Waals surface area (Å²) < 4.78 is 1.58. The van der Waals surface area contributed by atoms with Gasteiger partial charge in [-0.05, 0) is 50.4 Å². The topological polar surface area (TPSA) is 63.6 Å². The molecule has 2 aromatic heterocycles. The van der Waals surface area contributed by atoms with Crippen LogP contribution in [0.5, 0.6) is 0 Å². The average Bonchev–Trinajstić information content (AvgIpc) is 2.48. The van der Waals surface area contributed by atoms with Crippen molar-refractivity contribution in [3.8, 4) is 0 Å². The van der Waals surface area contributed by atoms with Crippen molar-refractivity contribution in [2.75, 3.05) is 19.6 Å². The SMILES string of the molecule is NCCC1CCCN(Cc2cc(=O)n3ccccc3n2)C1. The van der Waals surface area contributed by atoms with Gasteiger partial charge in [-0.1, -0.05) is 6.07 Å². The van der Waals surface area contributed by atoms with Gasteiger partial charge in [-0.25, -0.2) is 4.98 Å². The molecule has 112 valence electrons. The molecule has 3 rings (SSSR count). The number of rotatable bonds is 4. The van der Waals surface area contributed by atoms with Crippen molar-refractivity contribution in [3.05, 3.63) is 46.5 Å². The van der Waals surface area contributed by atoms with Gasteiger partial charge >= 0.3 is 0 Å². The first kappa shape index (κ1) is 14.2. The fourth-order valence-corrected chi connectivity index (χ4v) is 3.18. The van der Waals surface area contributed by atoms with Gasteiger partial charge in [-0.2, -0.15) is 0 Å². The van der Waals surface area contributed by atoms with Gasteiger partial charge in [0.1, 0.15) is 5.65 Å². The Balaban J connectivity index is 1.77. The molecule has 0 spiro atoms. The van der Waals surface area contributed by atoms with Gasteiger partial charge in [0, 0.05) is 25.4 Å². The van der Waals surface area contributed by atoms with Crippen molar-refractivity contribution < 1.29 is 0 Å². The number of hydrogen-bond donors (Lipinski definition) is 1. The maximum absolute atomic E-state index is 12.1. The molecule has 5 nitrogen and oxygen atoms in total. The minimum atomic E-state index is -0.00822. The Morgan fingerprint density at radius 3 is 3.14 bits per heavy atom. The molecule has 0 aliphatic carbocycles. The molecule has 1 aliphatic rings. The second kappa shape index (κ2) is 6.37. The highest BCUT2D eigenvalue weighted by Crippen LogP contribution is 2.20. The van der Waals surface area contributed by atoms with Gasteiger partial charge in [-0.15, -0.1) is 0 Å². The first-order valence-corrected chi connectivity index (χ1v) is 7.66.